The predicted molar refractivity (Wildman–Crippen MR) is 66.4 cm³/mol. The molecule has 1 heterocycles. The number of amides is 1. The van der Waals surface area contributed by atoms with Gasteiger partial charge in [-0.1, -0.05) is 6.07 Å². The number of sulfone groups is 1. The van der Waals surface area contributed by atoms with E-state index in [2.05, 4.69) is 5.32 Å². The summed E-state index contributed by atoms with van der Waals surface area (Å²) in [4.78, 5) is 12.1. The summed E-state index contributed by atoms with van der Waals surface area (Å²) in [5.74, 6) is -0.258. The molecule has 6 heteroatoms. The lowest BCUT2D eigenvalue weighted by molar-refractivity contribution is -0.00347. The number of nitrogens with one attached hydrogen (secondary N) is 1. The van der Waals surface area contributed by atoms with E-state index in [0.29, 0.717) is 18.8 Å². The number of carbonyl (C=O) groups excluding carboxylic acids is 1. The van der Waals surface area contributed by atoms with Gasteiger partial charge in [-0.15, -0.1) is 0 Å². The molecule has 1 aromatic carbocycles. The molecule has 0 aliphatic carbocycles. The van der Waals surface area contributed by atoms with Crippen LogP contribution in [0.2, 0.25) is 0 Å². The number of rotatable bonds is 3. The van der Waals surface area contributed by atoms with E-state index in [1.807, 2.05) is 0 Å². The molecule has 18 heavy (non-hydrogen) atoms. The van der Waals surface area contributed by atoms with Gasteiger partial charge in [0.05, 0.1) is 24.2 Å². The van der Waals surface area contributed by atoms with Crippen LogP contribution in [0.1, 0.15) is 15.9 Å². The Labute approximate surface area is 106 Å². The van der Waals surface area contributed by atoms with Crippen molar-refractivity contribution >= 4 is 15.7 Å². The highest BCUT2D eigenvalue weighted by molar-refractivity contribution is 7.90. The van der Waals surface area contributed by atoms with Gasteiger partial charge in [0.15, 0.2) is 9.84 Å². The molecule has 1 N–H and O–H groups in total. The second kappa shape index (κ2) is 4.70. The van der Waals surface area contributed by atoms with Gasteiger partial charge in [0.1, 0.15) is 0 Å². The first-order valence-electron chi connectivity index (χ1n) is 5.57. The van der Waals surface area contributed by atoms with E-state index in [0.717, 1.165) is 11.8 Å². The van der Waals surface area contributed by atoms with Crippen molar-refractivity contribution in [2.24, 2.45) is 0 Å². The number of carbonyl (C=O) groups is 1. The number of hydrogen-bond acceptors (Lipinski definition) is 4. The summed E-state index contributed by atoms with van der Waals surface area (Å²) in [7, 11) is -3.30. The predicted octanol–water partition coefficient (Wildman–Crippen LogP) is 0.527. The Kier molecular flexibility index (Phi) is 3.41. The van der Waals surface area contributed by atoms with Crippen molar-refractivity contribution in [3.05, 3.63) is 29.3 Å². The number of hydrogen-bond donors (Lipinski definition) is 1. The zero-order valence-corrected chi connectivity index (χ0v) is 11.1. The number of aryl methyl sites for hydroxylation is 1. The molecule has 2 rings (SSSR count). The molecule has 1 amide bonds. The van der Waals surface area contributed by atoms with Gasteiger partial charge in [0.25, 0.3) is 5.91 Å². The average molecular weight is 269 g/mol. The minimum atomic E-state index is -3.30. The van der Waals surface area contributed by atoms with Crippen molar-refractivity contribution in [2.45, 2.75) is 17.9 Å². The summed E-state index contributed by atoms with van der Waals surface area (Å²) in [6, 6.07) is 4.59. The van der Waals surface area contributed by atoms with E-state index in [4.69, 9.17) is 4.74 Å². The van der Waals surface area contributed by atoms with Crippen LogP contribution >= 0.6 is 0 Å². The highest BCUT2D eigenvalue weighted by Gasteiger charge is 2.22. The zero-order chi connectivity index (χ0) is 13.3. The monoisotopic (exact) mass is 269 g/mol. The van der Waals surface area contributed by atoms with E-state index in [1.54, 1.807) is 13.0 Å². The number of ether oxygens (including phenoxy) is 1. The molecule has 0 spiro atoms. The third-order valence-electron chi connectivity index (χ3n) is 2.86. The molecule has 1 aliphatic rings. The Balaban J connectivity index is 2.28. The van der Waals surface area contributed by atoms with Crippen molar-refractivity contribution in [2.75, 3.05) is 19.5 Å². The van der Waals surface area contributed by atoms with Gasteiger partial charge in [-0.2, -0.15) is 0 Å². The van der Waals surface area contributed by atoms with Crippen molar-refractivity contribution in [1.82, 2.24) is 5.32 Å². The van der Waals surface area contributed by atoms with E-state index >= 15 is 0 Å². The number of benzene rings is 1. The van der Waals surface area contributed by atoms with Crippen LogP contribution in [0, 0.1) is 6.92 Å². The Morgan fingerprint density at radius 3 is 2.56 bits per heavy atom. The van der Waals surface area contributed by atoms with Crippen molar-refractivity contribution in [1.29, 1.82) is 0 Å². The van der Waals surface area contributed by atoms with Gasteiger partial charge in [-0.3, -0.25) is 4.79 Å². The molecule has 98 valence electrons. The summed E-state index contributed by atoms with van der Waals surface area (Å²) < 4.78 is 27.9. The van der Waals surface area contributed by atoms with E-state index in [1.165, 1.54) is 12.1 Å². The van der Waals surface area contributed by atoms with Crippen LogP contribution in [0.3, 0.4) is 0 Å². The highest BCUT2D eigenvalue weighted by Crippen LogP contribution is 2.16. The van der Waals surface area contributed by atoms with E-state index in [-0.39, 0.29) is 16.8 Å². The molecular formula is C12H15NO4S. The van der Waals surface area contributed by atoms with Crippen LogP contribution < -0.4 is 5.32 Å². The van der Waals surface area contributed by atoms with Gasteiger partial charge in [-0.05, 0) is 24.6 Å². The molecule has 5 nitrogen and oxygen atoms in total. The zero-order valence-electron chi connectivity index (χ0n) is 10.3. The molecule has 0 bridgehead atoms. The summed E-state index contributed by atoms with van der Waals surface area (Å²) >= 11 is 0. The average Bonchev–Trinajstić information content (AvgIpc) is 2.22. The van der Waals surface area contributed by atoms with Crippen molar-refractivity contribution < 1.29 is 17.9 Å². The minimum absolute atomic E-state index is 0.0267. The van der Waals surface area contributed by atoms with Crippen molar-refractivity contribution in [3.63, 3.8) is 0 Å². The van der Waals surface area contributed by atoms with Gasteiger partial charge in [0, 0.05) is 11.8 Å². The Hall–Kier alpha value is -1.40. The fraction of sp³-hybridized carbons (Fsp3) is 0.417. The lowest BCUT2D eigenvalue weighted by Gasteiger charge is -2.27. The highest BCUT2D eigenvalue weighted by atomic mass is 32.2. The van der Waals surface area contributed by atoms with Gasteiger partial charge < -0.3 is 10.1 Å². The summed E-state index contributed by atoms with van der Waals surface area (Å²) in [5, 5.41) is 2.79. The van der Waals surface area contributed by atoms with Crippen LogP contribution in [-0.4, -0.2) is 39.8 Å². The molecule has 1 aromatic rings. The molecule has 1 aliphatic heterocycles. The standard InChI is InChI=1S/C12H15NO4S/c1-8-3-4-10(18(2,15)16)5-11(8)12(14)13-9-6-17-7-9/h3-5,9H,6-7H2,1-2H3,(H,13,14). The third-order valence-corrected chi connectivity index (χ3v) is 3.97. The normalized spacial score (nSPS) is 16.1. The van der Waals surface area contributed by atoms with Crippen LogP contribution in [0.5, 0.6) is 0 Å². The summed E-state index contributed by atoms with van der Waals surface area (Å²) in [5.41, 5.74) is 1.14. The maximum Gasteiger partial charge on any atom is 0.251 e. The van der Waals surface area contributed by atoms with Gasteiger partial charge >= 0.3 is 0 Å². The lowest BCUT2D eigenvalue weighted by Crippen LogP contribution is -2.48. The van der Waals surface area contributed by atoms with Gasteiger partial charge in [-0.25, -0.2) is 8.42 Å². The van der Waals surface area contributed by atoms with Crippen molar-refractivity contribution in [3.8, 4) is 0 Å². The third kappa shape index (κ3) is 2.70. The second-order valence-corrected chi connectivity index (χ2v) is 6.47. The first-order valence-corrected chi connectivity index (χ1v) is 7.46. The van der Waals surface area contributed by atoms with Crippen LogP contribution in [0.25, 0.3) is 0 Å². The van der Waals surface area contributed by atoms with E-state index < -0.39 is 9.84 Å². The Morgan fingerprint density at radius 2 is 2.06 bits per heavy atom. The quantitative estimate of drug-likeness (QED) is 0.868. The lowest BCUT2D eigenvalue weighted by atomic mass is 10.1. The second-order valence-electron chi connectivity index (χ2n) is 4.46. The van der Waals surface area contributed by atoms with Crippen LogP contribution in [0.15, 0.2) is 23.1 Å². The summed E-state index contributed by atoms with van der Waals surface area (Å²) in [6.07, 6.45) is 1.12. The summed E-state index contributed by atoms with van der Waals surface area (Å²) in [6.45, 7) is 2.80. The molecule has 0 atom stereocenters. The molecule has 0 radical (unpaired) electrons. The maximum absolute atomic E-state index is 12.0. The first-order chi connectivity index (χ1) is 8.38. The fourth-order valence-corrected chi connectivity index (χ4v) is 2.31. The smallest absolute Gasteiger partial charge is 0.251 e. The molecular weight excluding hydrogens is 254 g/mol. The van der Waals surface area contributed by atoms with E-state index in [9.17, 15) is 13.2 Å². The Bertz CT molecular complexity index is 576. The Morgan fingerprint density at radius 1 is 1.39 bits per heavy atom. The minimum Gasteiger partial charge on any atom is -0.377 e. The largest absolute Gasteiger partial charge is 0.377 e. The molecule has 1 fully saturated rings. The SMILES string of the molecule is Cc1ccc(S(C)(=O)=O)cc1C(=O)NC1COC1. The van der Waals surface area contributed by atoms with Crippen LogP contribution in [0.4, 0.5) is 0 Å². The molecule has 0 unspecified atom stereocenters. The van der Waals surface area contributed by atoms with Gasteiger partial charge in [0.2, 0.25) is 0 Å². The molecule has 0 aromatic heterocycles. The topological polar surface area (TPSA) is 72.5 Å². The first kappa shape index (κ1) is 13.0. The molecule has 0 saturated carbocycles. The fourth-order valence-electron chi connectivity index (χ4n) is 1.66. The maximum atomic E-state index is 12.0. The molecule has 1 saturated heterocycles. The van der Waals surface area contributed by atoms with Crippen LogP contribution in [-0.2, 0) is 14.6 Å².